The molecule has 3 nitrogen and oxygen atoms in total. The molecule has 0 saturated carbocycles. The molecule has 0 saturated heterocycles. The first-order valence-electron chi connectivity index (χ1n) is 8.84. The van der Waals surface area contributed by atoms with Gasteiger partial charge >= 0.3 is 0 Å². The van der Waals surface area contributed by atoms with Crippen LogP contribution in [0.4, 0.5) is 0 Å². The van der Waals surface area contributed by atoms with Crippen LogP contribution in [0.2, 0.25) is 0 Å². The van der Waals surface area contributed by atoms with Crippen LogP contribution in [-0.4, -0.2) is 5.91 Å². The Labute approximate surface area is 157 Å². The minimum Gasteiger partial charge on any atom is -0.454 e. The lowest BCUT2D eigenvalue weighted by Gasteiger charge is -2.07. The molecule has 1 N–H and O–H groups in total. The fourth-order valence-electron chi connectivity index (χ4n) is 3.15. The molecule has 0 aliphatic heterocycles. The molecule has 0 unspecified atom stereocenters. The molecule has 3 heteroatoms. The lowest BCUT2D eigenvalue weighted by Crippen LogP contribution is -2.25. The van der Waals surface area contributed by atoms with E-state index in [-0.39, 0.29) is 5.91 Å². The molecule has 0 fully saturated rings. The number of benzene rings is 3. The highest BCUT2D eigenvalue weighted by molar-refractivity contribution is 5.90. The van der Waals surface area contributed by atoms with Crippen LogP contribution in [0.5, 0.6) is 0 Å². The van der Waals surface area contributed by atoms with Crippen LogP contribution in [-0.2, 0) is 4.79 Å². The molecule has 0 spiro atoms. The minimum atomic E-state index is -0.136. The van der Waals surface area contributed by atoms with E-state index in [2.05, 4.69) is 5.32 Å². The van der Waals surface area contributed by atoms with Gasteiger partial charge in [-0.05, 0) is 11.6 Å². The maximum atomic E-state index is 11.9. The summed E-state index contributed by atoms with van der Waals surface area (Å²) in [5.41, 5.74) is 4.06. The first-order valence-corrected chi connectivity index (χ1v) is 8.84. The SMILES string of the molecule is CC(=O)N/C(c1ccccc1)=c1/o/c(=C\c2ccccc2)c2ccccc12. The van der Waals surface area contributed by atoms with Crippen molar-refractivity contribution < 1.29 is 9.21 Å². The maximum Gasteiger partial charge on any atom is 0.221 e. The molecule has 1 heterocycles. The van der Waals surface area contributed by atoms with Crippen molar-refractivity contribution in [3.05, 3.63) is 107 Å². The molecule has 4 rings (SSSR count). The molecule has 132 valence electrons. The van der Waals surface area contributed by atoms with Crippen molar-refractivity contribution in [1.29, 1.82) is 0 Å². The van der Waals surface area contributed by atoms with Gasteiger partial charge in [0.05, 0.1) is 5.70 Å². The smallest absolute Gasteiger partial charge is 0.221 e. The summed E-state index contributed by atoms with van der Waals surface area (Å²) in [5.74, 6) is -0.136. The van der Waals surface area contributed by atoms with Crippen molar-refractivity contribution in [3.8, 4) is 0 Å². The van der Waals surface area contributed by atoms with Gasteiger partial charge in [0.2, 0.25) is 5.91 Å². The molecule has 0 aliphatic rings. The second kappa shape index (κ2) is 7.34. The van der Waals surface area contributed by atoms with Crippen LogP contribution in [0.15, 0.2) is 89.3 Å². The Kier molecular flexibility index (Phi) is 4.58. The molecule has 0 bridgehead atoms. The van der Waals surface area contributed by atoms with Crippen LogP contribution in [0.25, 0.3) is 22.5 Å². The molecule has 3 aromatic carbocycles. The number of hydrogen-bond donors (Lipinski definition) is 1. The van der Waals surface area contributed by atoms with Crippen molar-refractivity contribution in [2.24, 2.45) is 0 Å². The van der Waals surface area contributed by atoms with Gasteiger partial charge in [-0.25, -0.2) is 0 Å². The topological polar surface area (TPSA) is 42.2 Å². The highest BCUT2D eigenvalue weighted by Crippen LogP contribution is 2.12. The van der Waals surface area contributed by atoms with Gasteiger partial charge < -0.3 is 9.73 Å². The van der Waals surface area contributed by atoms with Crippen LogP contribution >= 0.6 is 0 Å². The quantitative estimate of drug-likeness (QED) is 0.612. The van der Waals surface area contributed by atoms with Crippen LogP contribution < -0.4 is 16.1 Å². The van der Waals surface area contributed by atoms with E-state index >= 15 is 0 Å². The molecule has 0 aliphatic carbocycles. The zero-order valence-corrected chi connectivity index (χ0v) is 15.0. The fourth-order valence-corrected chi connectivity index (χ4v) is 3.15. The van der Waals surface area contributed by atoms with E-state index in [9.17, 15) is 4.79 Å². The Morgan fingerprint density at radius 2 is 1.41 bits per heavy atom. The lowest BCUT2D eigenvalue weighted by atomic mass is 10.1. The molecule has 0 atom stereocenters. The van der Waals surface area contributed by atoms with E-state index in [0.717, 1.165) is 27.3 Å². The van der Waals surface area contributed by atoms with Gasteiger partial charge in [-0.1, -0.05) is 84.9 Å². The van der Waals surface area contributed by atoms with E-state index in [1.165, 1.54) is 6.92 Å². The Bertz CT molecular complexity index is 1210. The first-order chi connectivity index (χ1) is 13.2. The third-order valence-corrected chi connectivity index (χ3v) is 4.34. The highest BCUT2D eigenvalue weighted by atomic mass is 16.3. The minimum absolute atomic E-state index is 0.136. The highest BCUT2D eigenvalue weighted by Gasteiger charge is 2.11. The van der Waals surface area contributed by atoms with Gasteiger partial charge in [-0.2, -0.15) is 0 Å². The van der Waals surface area contributed by atoms with Gasteiger partial charge in [0.15, 0.2) is 5.42 Å². The summed E-state index contributed by atoms with van der Waals surface area (Å²) < 4.78 is 6.28. The van der Waals surface area contributed by atoms with Gasteiger partial charge in [-0.15, -0.1) is 0 Å². The molecule has 1 amide bonds. The molecular weight excluding hydrogens is 334 g/mol. The van der Waals surface area contributed by atoms with Gasteiger partial charge in [0.25, 0.3) is 0 Å². The summed E-state index contributed by atoms with van der Waals surface area (Å²) in [6.45, 7) is 1.51. The number of hydrogen-bond acceptors (Lipinski definition) is 2. The number of nitrogens with one attached hydrogen (secondary N) is 1. The number of furan rings is 1. The monoisotopic (exact) mass is 353 g/mol. The zero-order chi connectivity index (χ0) is 18.6. The second-order valence-corrected chi connectivity index (χ2v) is 6.32. The Morgan fingerprint density at radius 1 is 0.815 bits per heavy atom. The number of amides is 1. The van der Waals surface area contributed by atoms with E-state index in [1.807, 2.05) is 91.0 Å². The summed E-state index contributed by atoms with van der Waals surface area (Å²) in [4.78, 5) is 11.9. The summed E-state index contributed by atoms with van der Waals surface area (Å²) >= 11 is 0. The van der Waals surface area contributed by atoms with E-state index in [0.29, 0.717) is 11.1 Å². The zero-order valence-electron chi connectivity index (χ0n) is 15.0. The predicted molar refractivity (Wildman–Crippen MR) is 108 cm³/mol. The third-order valence-electron chi connectivity index (χ3n) is 4.34. The van der Waals surface area contributed by atoms with Crippen molar-refractivity contribution in [3.63, 3.8) is 0 Å². The van der Waals surface area contributed by atoms with E-state index in [1.54, 1.807) is 0 Å². The van der Waals surface area contributed by atoms with Crippen molar-refractivity contribution >= 4 is 28.5 Å². The Balaban J connectivity index is 2.08. The molecule has 27 heavy (non-hydrogen) atoms. The average Bonchev–Trinajstić information content (AvgIpc) is 3.06. The predicted octanol–water partition coefficient (Wildman–Crippen LogP) is 3.55. The number of carbonyl (C=O) groups excluding carboxylic acids is 1. The number of rotatable bonds is 3. The molecule has 0 radical (unpaired) electrons. The van der Waals surface area contributed by atoms with Gasteiger partial charge in [-0.3, -0.25) is 4.79 Å². The van der Waals surface area contributed by atoms with Crippen molar-refractivity contribution in [1.82, 2.24) is 5.32 Å². The third kappa shape index (κ3) is 3.53. The normalized spacial score (nSPS) is 12.9. The number of carbonyl (C=O) groups is 1. The number of fused-ring (bicyclic) bond motifs is 1. The Morgan fingerprint density at radius 3 is 2.07 bits per heavy atom. The summed E-state index contributed by atoms with van der Waals surface area (Å²) in [6, 6.07) is 27.8. The molecule has 4 aromatic rings. The van der Waals surface area contributed by atoms with Crippen LogP contribution in [0.1, 0.15) is 18.1 Å². The van der Waals surface area contributed by atoms with Gasteiger partial charge in [0, 0.05) is 23.3 Å². The Hall–Kier alpha value is -3.59. The van der Waals surface area contributed by atoms with Crippen LogP contribution in [0.3, 0.4) is 0 Å². The average molecular weight is 353 g/mol. The lowest BCUT2D eigenvalue weighted by molar-refractivity contribution is -0.117. The summed E-state index contributed by atoms with van der Waals surface area (Å²) in [6.07, 6.45) is 2.02. The largest absolute Gasteiger partial charge is 0.454 e. The van der Waals surface area contributed by atoms with Gasteiger partial charge in [0.1, 0.15) is 5.42 Å². The molecule has 1 aromatic heterocycles. The van der Waals surface area contributed by atoms with Crippen LogP contribution in [0, 0.1) is 0 Å². The summed E-state index contributed by atoms with van der Waals surface area (Å²) in [7, 11) is 0. The fraction of sp³-hybridized carbons (Fsp3) is 0.0417. The van der Waals surface area contributed by atoms with E-state index < -0.39 is 0 Å². The maximum absolute atomic E-state index is 11.9. The first kappa shape index (κ1) is 16.9. The van der Waals surface area contributed by atoms with Crippen molar-refractivity contribution in [2.75, 3.05) is 0 Å². The van der Waals surface area contributed by atoms with E-state index in [4.69, 9.17) is 4.42 Å². The standard InChI is InChI=1S/C24H19NO2/c1-17(26)25-23(19-12-6-3-7-13-19)24-21-15-9-8-14-20(21)22(27-24)16-18-10-4-2-5-11-18/h2-16H,1H3,(H,25,26)/b22-16-,24-23+. The molecular formula is C24H19NO2. The van der Waals surface area contributed by atoms with Crippen molar-refractivity contribution in [2.45, 2.75) is 6.92 Å². The second-order valence-electron chi connectivity index (χ2n) is 6.32. The summed E-state index contributed by atoms with van der Waals surface area (Å²) in [5, 5.41) is 4.93.